The van der Waals surface area contributed by atoms with E-state index in [2.05, 4.69) is 32.2 Å². The standard InChI is InChI=1S/C27H32N4O3S2/c1-18-7-9-19(10-8-18)31-26-23(25(28-31)27(2,3)4)24(20-6-5-15-35-20)36-17-22(33)30(26)16-21(32)29-11-13-34-14-12-29/h5-10,15,24H,11-14,16-17H2,1-4H3. The fraction of sp³-hybridized carbons (Fsp3) is 0.444. The minimum Gasteiger partial charge on any atom is -0.378 e. The number of amides is 2. The monoisotopic (exact) mass is 524 g/mol. The maximum absolute atomic E-state index is 13.7. The molecule has 0 radical (unpaired) electrons. The first-order chi connectivity index (χ1) is 17.2. The molecule has 2 aliphatic rings. The molecule has 1 aromatic carbocycles. The molecule has 0 N–H and O–H groups in total. The number of aromatic nitrogens is 2. The lowest BCUT2D eigenvalue weighted by atomic mass is 9.88. The van der Waals surface area contributed by atoms with Crippen LogP contribution in [0.3, 0.4) is 0 Å². The molecule has 0 aliphatic carbocycles. The van der Waals surface area contributed by atoms with Gasteiger partial charge in [0.05, 0.1) is 35.6 Å². The number of rotatable bonds is 4. The molecule has 3 aromatic rings. The van der Waals surface area contributed by atoms with E-state index < -0.39 is 0 Å². The zero-order valence-corrected chi connectivity index (χ0v) is 22.8. The highest BCUT2D eigenvalue weighted by atomic mass is 32.2. The lowest BCUT2D eigenvalue weighted by Gasteiger charge is -2.30. The molecule has 4 heterocycles. The molecule has 2 aromatic heterocycles. The second-order valence-corrected chi connectivity index (χ2v) is 12.3. The van der Waals surface area contributed by atoms with Crippen molar-refractivity contribution in [1.82, 2.24) is 14.7 Å². The third kappa shape index (κ3) is 4.84. The van der Waals surface area contributed by atoms with Crippen LogP contribution in [0.1, 0.15) is 47.7 Å². The lowest BCUT2D eigenvalue weighted by molar-refractivity contribution is -0.134. The summed E-state index contributed by atoms with van der Waals surface area (Å²) in [6.07, 6.45) is 0. The van der Waals surface area contributed by atoms with E-state index in [4.69, 9.17) is 9.84 Å². The number of aryl methyl sites for hydroxylation is 1. The molecule has 0 spiro atoms. The van der Waals surface area contributed by atoms with E-state index in [0.29, 0.717) is 37.9 Å². The molecule has 1 saturated heterocycles. The van der Waals surface area contributed by atoms with Gasteiger partial charge in [0.1, 0.15) is 12.4 Å². The van der Waals surface area contributed by atoms with Crippen molar-refractivity contribution in [3.8, 4) is 5.69 Å². The molecular formula is C27H32N4O3S2. The molecular weight excluding hydrogens is 492 g/mol. The maximum Gasteiger partial charge on any atom is 0.242 e. The molecule has 190 valence electrons. The Morgan fingerprint density at radius 1 is 1.14 bits per heavy atom. The molecule has 9 heteroatoms. The number of thiophene rings is 1. The van der Waals surface area contributed by atoms with E-state index in [-0.39, 0.29) is 29.0 Å². The first-order valence-corrected chi connectivity index (χ1v) is 14.2. The Labute approximate surface area is 220 Å². The number of morpholine rings is 1. The normalized spacial score (nSPS) is 18.8. The van der Waals surface area contributed by atoms with E-state index in [1.54, 1.807) is 32.9 Å². The largest absolute Gasteiger partial charge is 0.378 e. The Morgan fingerprint density at radius 2 is 1.86 bits per heavy atom. The Hall–Kier alpha value is -2.62. The minimum atomic E-state index is -0.261. The summed E-state index contributed by atoms with van der Waals surface area (Å²) in [5.41, 5.74) is 3.73. The number of hydrogen-bond donors (Lipinski definition) is 0. The van der Waals surface area contributed by atoms with Gasteiger partial charge in [0, 0.05) is 28.9 Å². The van der Waals surface area contributed by atoms with Crippen LogP contribution in [0, 0.1) is 6.92 Å². The van der Waals surface area contributed by atoms with E-state index >= 15 is 0 Å². The first-order valence-electron chi connectivity index (χ1n) is 12.3. The number of carbonyl (C=O) groups is 2. The predicted octanol–water partition coefficient (Wildman–Crippen LogP) is 4.57. The van der Waals surface area contributed by atoms with Crippen molar-refractivity contribution in [3.63, 3.8) is 0 Å². The molecule has 2 amide bonds. The summed E-state index contributed by atoms with van der Waals surface area (Å²) in [7, 11) is 0. The summed E-state index contributed by atoms with van der Waals surface area (Å²) in [5.74, 6) is 0.867. The van der Waals surface area contributed by atoms with Gasteiger partial charge in [-0.15, -0.1) is 23.1 Å². The minimum absolute atomic E-state index is 0.00923. The van der Waals surface area contributed by atoms with Crippen LogP contribution in [0.4, 0.5) is 5.82 Å². The Bertz CT molecular complexity index is 1240. The fourth-order valence-corrected chi connectivity index (χ4v) is 6.83. The van der Waals surface area contributed by atoms with Gasteiger partial charge >= 0.3 is 0 Å². The Morgan fingerprint density at radius 3 is 2.50 bits per heavy atom. The average molecular weight is 525 g/mol. The highest BCUT2D eigenvalue weighted by Crippen LogP contribution is 2.49. The summed E-state index contributed by atoms with van der Waals surface area (Å²) in [6, 6.07) is 12.3. The molecule has 1 unspecified atom stereocenters. The predicted molar refractivity (Wildman–Crippen MR) is 145 cm³/mol. The number of thioether (sulfide) groups is 1. The fourth-order valence-electron chi connectivity index (χ4n) is 4.65. The number of fused-ring (bicyclic) bond motifs is 1. The van der Waals surface area contributed by atoms with Gasteiger partial charge in [-0.2, -0.15) is 5.10 Å². The van der Waals surface area contributed by atoms with E-state index in [0.717, 1.165) is 22.5 Å². The molecule has 7 nitrogen and oxygen atoms in total. The SMILES string of the molecule is Cc1ccc(-n2nc(C(C)(C)C)c3c2N(CC(=O)N2CCOCC2)C(=O)CSC3c2cccs2)cc1. The molecule has 1 atom stereocenters. The number of carbonyl (C=O) groups excluding carboxylic acids is 2. The van der Waals surface area contributed by atoms with Gasteiger partial charge < -0.3 is 9.64 Å². The molecule has 36 heavy (non-hydrogen) atoms. The third-order valence-corrected chi connectivity index (χ3v) is 8.86. The summed E-state index contributed by atoms with van der Waals surface area (Å²) in [4.78, 5) is 31.7. The van der Waals surface area contributed by atoms with Crippen molar-refractivity contribution < 1.29 is 14.3 Å². The maximum atomic E-state index is 13.7. The van der Waals surface area contributed by atoms with Crippen LogP contribution in [0.2, 0.25) is 0 Å². The van der Waals surface area contributed by atoms with Crippen molar-refractivity contribution in [2.24, 2.45) is 0 Å². The van der Waals surface area contributed by atoms with Crippen molar-refractivity contribution >= 4 is 40.7 Å². The van der Waals surface area contributed by atoms with Crippen LogP contribution in [0.25, 0.3) is 5.69 Å². The average Bonchev–Trinajstić information content (AvgIpc) is 3.50. The molecule has 2 aliphatic heterocycles. The number of ether oxygens (including phenoxy) is 1. The van der Waals surface area contributed by atoms with Gasteiger partial charge in [0.15, 0.2) is 0 Å². The smallest absolute Gasteiger partial charge is 0.242 e. The number of anilines is 1. The van der Waals surface area contributed by atoms with Crippen LogP contribution < -0.4 is 4.90 Å². The van der Waals surface area contributed by atoms with Gasteiger partial charge in [0.25, 0.3) is 0 Å². The quantitative estimate of drug-likeness (QED) is 0.500. The van der Waals surface area contributed by atoms with Gasteiger partial charge in [-0.1, -0.05) is 44.5 Å². The highest BCUT2D eigenvalue weighted by molar-refractivity contribution is 8.00. The van der Waals surface area contributed by atoms with Crippen molar-refractivity contribution in [1.29, 1.82) is 0 Å². The van der Waals surface area contributed by atoms with Crippen molar-refractivity contribution in [2.45, 2.75) is 38.4 Å². The Balaban J connectivity index is 1.70. The van der Waals surface area contributed by atoms with Crippen molar-refractivity contribution in [3.05, 3.63) is 63.5 Å². The van der Waals surface area contributed by atoms with Gasteiger partial charge in [-0.05, 0) is 30.5 Å². The highest BCUT2D eigenvalue weighted by Gasteiger charge is 2.40. The van der Waals surface area contributed by atoms with E-state index in [1.165, 1.54) is 4.88 Å². The van der Waals surface area contributed by atoms with Gasteiger partial charge in [-0.25, -0.2) is 4.68 Å². The second kappa shape index (κ2) is 10.0. The van der Waals surface area contributed by atoms with Crippen molar-refractivity contribution in [2.75, 3.05) is 43.5 Å². The van der Waals surface area contributed by atoms with Gasteiger partial charge in [0.2, 0.25) is 11.8 Å². The second-order valence-electron chi connectivity index (χ2n) is 10.3. The van der Waals surface area contributed by atoms with Crippen LogP contribution in [-0.4, -0.2) is 65.1 Å². The summed E-state index contributed by atoms with van der Waals surface area (Å²) in [5, 5.41) is 7.17. The van der Waals surface area contributed by atoms with Gasteiger partial charge in [-0.3, -0.25) is 14.5 Å². The number of hydrogen-bond acceptors (Lipinski definition) is 6. The zero-order chi connectivity index (χ0) is 25.4. The topological polar surface area (TPSA) is 67.7 Å². The van der Waals surface area contributed by atoms with Crippen LogP contribution in [-0.2, 0) is 19.7 Å². The Kier molecular flexibility index (Phi) is 6.98. The van der Waals surface area contributed by atoms with E-state index in [9.17, 15) is 9.59 Å². The third-order valence-electron chi connectivity index (χ3n) is 6.54. The zero-order valence-electron chi connectivity index (χ0n) is 21.2. The molecule has 1 fully saturated rings. The summed E-state index contributed by atoms with van der Waals surface area (Å²) >= 11 is 3.31. The number of benzene rings is 1. The molecule has 0 saturated carbocycles. The van der Waals surface area contributed by atoms with Crippen LogP contribution in [0.15, 0.2) is 41.8 Å². The van der Waals surface area contributed by atoms with Crippen LogP contribution in [0.5, 0.6) is 0 Å². The summed E-state index contributed by atoms with van der Waals surface area (Å²) < 4.78 is 7.31. The van der Waals surface area contributed by atoms with E-state index in [1.807, 2.05) is 41.9 Å². The molecule has 0 bridgehead atoms. The molecule has 5 rings (SSSR count). The first kappa shape index (κ1) is 25.0. The number of nitrogens with zero attached hydrogens (tertiary/aromatic N) is 4. The lowest BCUT2D eigenvalue weighted by Crippen LogP contribution is -2.48. The summed E-state index contributed by atoms with van der Waals surface area (Å²) in [6.45, 7) is 10.6. The van der Waals surface area contributed by atoms with Crippen LogP contribution >= 0.6 is 23.1 Å².